The maximum absolute atomic E-state index is 6.32. The van der Waals surface area contributed by atoms with Crippen molar-refractivity contribution >= 4 is 0 Å². The van der Waals surface area contributed by atoms with Crippen molar-refractivity contribution in [1.82, 2.24) is 4.90 Å². The summed E-state index contributed by atoms with van der Waals surface area (Å²) in [5, 5.41) is 0. The third-order valence-electron chi connectivity index (χ3n) is 5.06. The molecule has 0 aromatic heterocycles. The zero-order valence-corrected chi connectivity index (χ0v) is 12.7. The molecule has 2 nitrogen and oxygen atoms in total. The van der Waals surface area contributed by atoms with Crippen molar-refractivity contribution in [2.45, 2.75) is 51.0 Å². The lowest BCUT2D eigenvalue weighted by atomic mass is 9.87. The van der Waals surface area contributed by atoms with Crippen molar-refractivity contribution in [3.05, 3.63) is 35.4 Å². The highest BCUT2D eigenvalue weighted by atomic mass is 15.2. The van der Waals surface area contributed by atoms with Crippen LogP contribution >= 0.6 is 0 Å². The van der Waals surface area contributed by atoms with Crippen LogP contribution in [0.2, 0.25) is 0 Å². The number of hydrogen-bond donors (Lipinski definition) is 1. The molecule has 2 N–H and O–H groups in total. The van der Waals surface area contributed by atoms with E-state index in [1.54, 1.807) is 0 Å². The minimum atomic E-state index is 0.343. The first kappa shape index (κ1) is 14.1. The molecule has 2 heteroatoms. The molecular formula is C18H28N2. The maximum Gasteiger partial charge on any atom is 0.0174 e. The Morgan fingerprint density at radius 1 is 1.20 bits per heavy atom. The summed E-state index contributed by atoms with van der Waals surface area (Å²) in [4.78, 5) is 2.64. The van der Waals surface area contributed by atoms with Crippen molar-refractivity contribution in [3.63, 3.8) is 0 Å². The monoisotopic (exact) mass is 272 g/mol. The van der Waals surface area contributed by atoms with E-state index in [9.17, 15) is 0 Å². The minimum Gasteiger partial charge on any atom is -0.327 e. The summed E-state index contributed by atoms with van der Waals surface area (Å²) in [6.07, 6.45) is 6.88. The van der Waals surface area contributed by atoms with Crippen molar-refractivity contribution in [2.24, 2.45) is 11.7 Å². The number of piperidine rings is 1. The van der Waals surface area contributed by atoms with E-state index in [0.717, 1.165) is 18.9 Å². The third-order valence-corrected chi connectivity index (χ3v) is 5.06. The molecule has 2 fully saturated rings. The van der Waals surface area contributed by atoms with Gasteiger partial charge >= 0.3 is 0 Å². The quantitative estimate of drug-likeness (QED) is 0.915. The molecule has 20 heavy (non-hydrogen) atoms. The Kier molecular flexibility index (Phi) is 4.42. The van der Waals surface area contributed by atoms with E-state index in [1.165, 1.54) is 49.9 Å². The highest BCUT2D eigenvalue weighted by Crippen LogP contribution is 2.30. The van der Waals surface area contributed by atoms with Crippen LogP contribution in [0.3, 0.4) is 0 Å². The molecule has 2 atom stereocenters. The van der Waals surface area contributed by atoms with E-state index in [-0.39, 0.29) is 0 Å². The van der Waals surface area contributed by atoms with Gasteiger partial charge in [-0.05, 0) is 43.6 Å². The molecule has 1 aromatic carbocycles. The zero-order valence-electron chi connectivity index (χ0n) is 12.7. The van der Waals surface area contributed by atoms with Gasteiger partial charge < -0.3 is 10.6 Å². The number of benzene rings is 1. The van der Waals surface area contributed by atoms with Gasteiger partial charge in [-0.25, -0.2) is 0 Å². The fourth-order valence-electron chi connectivity index (χ4n) is 4.11. The fraction of sp³-hybridized carbons (Fsp3) is 0.667. The molecule has 3 rings (SSSR count). The van der Waals surface area contributed by atoms with Crippen LogP contribution in [-0.4, -0.2) is 30.6 Å². The second-order valence-electron chi connectivity index (χ2n) is 6.98. The van der Waals surface area contributed by atoms with Crippen molar-refractivity contribution in [1.29, 1.82) is 0 Å². The van der Waals surface area contributed by atoms with E-state index in [1.807, 2.05) is 0 Å². The lowest BCUT2D eigenvalue weighted by Crippen LogP contribution is -2.47. The van der Waals surface area contributed by atoms with Gasteiger partial charge in [0.15, 0.2) is 0 Å². The van der Waals surface area contributed by atoms with E-state index in [4.69, 9.17) is 5.73 Å². The number of aryl methyl sites for hydroxylation is 1. The van der Waals surface area contributed by atoms with Crippen LogP contribution in [0, 0.1) is 12.8 Å². The number of likely N-dealkylation sites (tertiary alicyclic amines) is 1. The molecule has 0 spiro atoms. The maximum atomic E-state index is 6.32. The summed E-state index contributed by atoms with van der Waals surface area (Å²) in [5.41, 5.74) is 9.17. The largest absolute Gasteiger partial charge is 0.327 e. The number of rotatable bonds is 3. The van der Waals surface area contributed by atoms with Crippen LogP contribution in [0.1, 0.15) is 49.1 Å². The molecular weight excluding hydrogens is 244 g/mol. The first-order chi connectivity index (χ1) is 9.70. The molecule has 2 aliphatic rings. The third kappa shape index (κ3) is 3.42. The van der Waals surface area contributed by atoms with Crippen LogP contribution in [0.4, 0.5) is 0 Å². The fourth-order valence-corrected chi connectivity index (χ4v) is 4.11. The van der Waals surface area contributed by atoms with Crippen LogP contribution in [0.15, 0.2) is 24.3 Å². The van der Waals surface area contributed by atoms with Crippen LogP contribution in [0.5, 0.6) is 0 Å². The molecule has 0 radical (unpaired) electrons. The molecule has 1 saturated heterocycles. The second-order valence-corrected chi connectivity index (χ2v) is 6.98. The molecule has 1 aliphatic carbocycles. The SMILES string of the molecule is Cc1cccc(C2CC(N)CN(CC3CCCC3)C2)c1. The summed E-state index contributed by atoms with van der Waals surface area (Å²) in [6.45, 7) is 5.75. The van der Waals surface area contributed by atoms with E-state index < -0.39 is 0 Å². The molecule has 1 aromatic rings. The van der Waals surface area contributed by atoms with Gasteiger partial charge in [0.1, 0.15) is 0 Å². The summed E-state index contributed by atoms with van der Waals surface area (Å²) in [7, 11) is 0. The number of nitrogens with zero attached hydrogens (tertiary/aromatic N) is 1. The lowest BCUT2D eigenvalue weighted by molar-refractivity contribution is 0.164. The molecule has 2 unspecified atom stereocenters. The predicted octanol–water partition coefficient (Wildman–Crippen LogP) is 3.30. The van der Waals surface area contributed by atoms with Crippen molar-refractivity contribution in [3.8, 4) is 0 Å². The smallest absolute Gasteiger partial charge is 0.0174 e. The van der Waals surface area contributed by atoms with Gasteiger partial charge in [0, 0.05) is 25.7 Å². The van der Waals surface area contributed by atoms with Crippen LogP contribution in [0.25, 0.3) is 0 Å². The Morgan fingerprint density at radius 3 is 2.75 bits per heavy atom. The molecule has 110 valence electrons. The lowest BCUT2D eigenvalue weighted by Gasteiger charge is -2.38. The Morgan fingerprint density at radius 2 is 2.00 bits per heavy atom. The average molecular weight is 272 g/mol. The molecule has 0 bridgehead atoms. The van der Waals surface area contributed by atoms with Gasteiger partial charge in [-0.3, -0.25) is 0 Å². The molecule has 1 aliphatic heterocycles. The zero-order chi connectivity index (χ0) is 13.9. The standard InChI is InChI=1S/C18H28N2/c1-14-5-4-8-16(9-14)17-10-18(19)13-20(12-17)11-15-6-2-3-7-15/h4-5,8-9,15,17-18H,2-3,6-7,10-13,19H2,1H3. The van der Waals surface area contributed by atoms with Gasteiger partial charge in [-0.2, -0.15) is 0 Å². The Labute approximate surface area is 123 Å². The molecule has 1 saturated carbocycles. The Bertz CT molecular complexity index is 437. The summed E-state index contributed by atoms with van der Waals surface area (Å²) < 4.78 is 0. The van der Waals surface area contributed by atoms with Gasteiger partial charge in [0.05, 0.1) is 0 Å². The average Bonchev–Trinajstić information content (AvgIpc) is 2.91. The van der Waals surface area contributed by atoms with E-state index >= 15 is 0 Å². The Balaban J connectivity index is 1.66. The minimum absolute atomic E-state index is 0.343. The van der Waals surface area contributed by atoms with Crippen molar-refractivity contribution in [2.75, 3.05) is 19.6 Å². The van der Waals surface area contributed by atoms with Crippen LogP contribution in [-0.2, 0) is 0 Å². The Hall–Kier alpha value is -0.860. The molecule has 1 heterocycles. The summed E-state index contributed by atoms with van der Waals surface area (Å²) >= 11 is 0. The normalized spacial score (nSPS) is 28.9. The van der Waals surface area contributed by atoms with Gasteiger partial charge in [-0.15, -0.1) is 0 Å². The summed E-state index contributed by atoms with van der Waals surface area (Å²) in [6, 6.07) is 9.34. The topological polar surface area (TPSA) is 29.3 Å². The van der Waals surface area contributed by atoms with Crippen molar-refractivity contribution < 1.29 is 0 Å². The summed E-state index contributed by atoms with van der Waals surface area (Å²) in [5.74, 6) is 1.55. The predicted molar refractivity (Wildman–Crippen MR) is 84.9 cm³/mol. The van der Waals surface area contributed by atoms with E-state index in [0.29, 0.717) is 12.0 Å². The van der Waals surface area contributed by atoms with Gasteiger partial charge in [0.25, 0.3) is 0 Å². The van der Waals surface area contributed by atoms with Crippen LogP contribution < -0.4 is 5.73 Å². The number of nitrogens with two attached hydrogens (primary N) is 1. The van der Waals surface area contributed by atoms with Gasteiger partial charge in [-0.1, -0.05) is 42.7 Å². The first-order valence-corrected chi connectivity index (χ1v) is 8.25. The van der Waals surface area contributed by atoms with E-state index in [2.05, 4.69) is 36.1 Å². The second kappa shape index (κ2) is 6.28. The van der Waals surface area contributed by atoms with Gasteiger partial charge in [0.2, 0.25) is 0 Å². The highest BCUT2D eigenvalue weighted by molar-refractivity contribution is 5.26. The highest BCUT2D eigenvalue weighted by Gasteiger charge is 2.28. The molecule has 0 amide bonds. The first-order valence-electron chi connectivity index (χ1n) is 8.25. The number of hydrogen-bond acceptors (Lipinski definition) is 2.